The molecule has 10 heteroatoms. The second-order valence-corrected chi connectivity index (χ2v) is 9.47. The molecule has 0 bridgehead atoms. The third-order valence-corrected chi connectivity index (χ3v) is 6.51. The Morgan fingerprint density at radius 2 is 1.59 bits per heavy atom. The Kier molecular flexibility index (Phi) is 5.59. The van der Waals surface area contributed by atoms with E-state index < -0.39 is 20.0 Å². The summed E-state index contributed by atoms with van der Waals surface area (Å²) >= 11 is 1.16. The molecule has 0 radical (unpaired) electrons. The quantitative estimate of drug-likeness (QED) is 0.609. The van der Waals surface area contributed by atoms with Gasteiger partial charge in [0.2, 0.25) is 0 Å². The van der Waals surface area contributed by atoms with Crippen molar-refractivity contribution in [3.63, 3.8) is 0 Å². The summed E-state index contributed by atoms with van der Waals surface area (Å²) in [5.74, 6) is 0. The Morgan fingerprint density at radius 3 is 2.22 bits per heavy atom. The second kappa shape index (κ2) is 7.91. The molecular weight excluding hydrogens is 406 g/mol. The Morgan fingerprint density at radius 1 is 0.889 bits per heavy atom. The Hall–Kier alpha value is -2.69. The van der Waals surface area contributed by atoms with Gasteiger partial charge in [-0.1, -0.05) is 30.3 Å². The largest absolute Gasteiger partial charge is 0.280 e. The number of hydrogen-bond donors (Lipinski definition) is 2. The molecule has 0 saturated heterocycles. The monoisotopic (exact) mass is 421 g/mol. The van der Waals surface area contributed by atoms with Gasteiger partial charge in [-0.25, -0.2) is 21.8 Å². The number of hydrogen-bond acceptors (Lipinski definition) is 6. The summed E-state index contributed by atoms with van der Waals surface area (Å²) in [6.07, 6.45) is 2.96. The van der Waals surface area contributed by atoms with E-state index in [0.29, 0.717) is 0 Å². The molecule has 1 heterocycles. The fraction of sp³-hybridized carbons (Fsp3) is 0. The molecule has 0 saturated carbocycles. The number of sulfonamides is 2. The first-order chi connectivity index (χ1) is 12.8. The maximum Gasteiger partial charge on any atom is 0.263 e. The van der Waals surface area contributed by atoms with E-state index in [9.17, 15) is 16.8 Å². The smallest absolute Gasteiger partial charge is 0.263 e. The number of rotatable bonds is 7. The molecule has 0 aliphatic rings. The number of benzene rings is 2. The van der Waals surface area contributed by atoms with Gasteiger partial charge >= 0.3 is 0 Å². The van der Waals surface area contributed by atoms with Gasteiger partial charge in [0.1, 0.15) is 0 Å². The lowest BCUT2D eigenvalue weighted by atomic mass is 10.2. The average Bonchev–Trinajstić information content (AvgIpc) is 3.13. The minimum atomic E-state index is -3.78. The van der Waals surface area contributed by atoms with Crippen LogP contribution < -0.4 is 9.44 Å². The van der Waals surface area contributed by atoms with Gasteiger partial charge in [-0.15, -0.1) is 11.3 Å². The standard InChI is InChI=1S/C17H15N3O4S3/c21-26(22,13-10-14-4-2-1-3-5-14)19-15-6-8-16(9-7-15)27(23,24)20-17-18-11-12-25-17/h1-13,19H,(H,18,20). The minimum Gasteiger partial charge on any atom is -0.280 e. The van der Waals surface area contributed by atoms with Gasteiger partial charge in [-0.05, 0) is 35.9 Å². The first-order valence-corrected chi connectivity index (χ1v) is 11.5. The maximum atomic E-state index is 12.3. The van der Waals surface area contributed by atoms with Crippen molar-refractivity contribution in [2.24, 2.45) is 0 Å². The third kappa shape index (κ3) is 5.39. The van der Waals surface area contributed by atoms with Gasteiger partial charge in [0.15, 0.2) is 5.13 Å². The van der Waals surface area contributed by atoms with Crippen molar-refractivity contribution in [2.45, 2.75) is 4.90 Å². The molecule has 2 N–H and O–H groups in total. The number of nitrogens with one attached hydrogen (secondary N) is 2. The van der Waals surface area contributed by atoms with Crippen molar-refractivity contribution < 1.29 is 16.8 Å². The van der Waals surface area contributed by atoms with Crippen LogP contribution in [0.15, 0.2) is 76.5 Å². The van der Waals surface area contributed by atoms with Crippen LogP contribution in [0, 0.1) is 0 Å². The van der Waals surface area contributed by atoms with Gasteiger partial charge in [0.05, 0.1) is 10.3 Å². The Labute approximate surface area is 161 Å². The van der Waals surface area contributed by atoms with Gasteiger partial charge in [0.25, 0.3) is 20.0 Å². The molecule has 7 nitrogen and oxygen atoms in total. The normalized spacial score (nSPS) is 12.1. The summed E-state index contributed by atoms with van der Waals surface area (Å²) in [5, 5.41) is 2.96. The SMILES string of the molecule is O=S(=O)(C=Cc1ccccc1)Nc1ccc(S(=O)(=O)Nc2nccs2)cc1. The highest BCUT2D eigenvalue weighted by atomic mass is 32.2. The molecule has 0 spiro atoms. The van der Waals surface area contributed by atoms with E-state index in [-0.39, 0.29) is 15.7 Å². The van der Waals surface area contributed by atoms with Crippen LogP contribution in [0.4, 0.5) is 10.8 Å². The van der Waals surface area contributed by atoms with Crippen molar-refractivity contribution in [3.05, 3.63) is 77.1 Å². The first-order valence-electron chi connectivity index (χ1n) is 7.62. The lowest BCUT2D eigenvalue weighted by Crippen LogP contribution is -2.13. The predicted molar refractivity (Wildman–Crippen MR) is 107 cm³/mol. The van der Waals surface area contributed by atoms with Gasteiger partial charge in [-0.2, -0.15) is 0 Å². The summed E-state index contributed by atoms with van der Waals surface area (Å²) < 4.78 is 53.5. The van der Waals surface area contributed by atoms with Crippen LogP contribution in [0.3, 0.4) is 0 Å². The molecule has 1 aromatic heterocycles. The average molecular weight is 422 g/mol. The molecule has 3 rings (SSSR count). The van der Waals surface area contributed by atoms with Crippen molar-refractivity contribution in [2.75, 3.05) is 9.44 Å². The van der Waals surface area contributed by atoms with Gasteiger partial charge < -0.3 is 0 Å². The molecule has 2 aromatic carbocycles. The molecule has 0 aliphatic heterocycles. The molecule has 0 unspecified atom stereocenters. The molecule has 0 fully saturated rings. The number of thiazole rings is 1. The zero-order valence-corrected chi connectivity index (χ0v) is 16.3. The molecule has 3 aromatic rings. The summed E-state index contributed by atoms with van der Waals surface area (Å²) in [7, 11) is -7.51. The van der Waals surface area contributed by atoms with E-state index in [4.69, 9.17) is 0 Å². The fourth-order valence-corrected chi connectivity index (χ4v) is 4.74. The summed E-state index contributed by atoms with van der Waals surface area (Å²) in [6, 6.07) is 14.4. The van der Waals surface area contributed by atoms with Gasteiger partial charge in [-0.3, -0.25) is 9.44 Å². The van der Waals surface area contributed by atoms with Crippen molar-refractivity contribution in [1.82, 2.24) is 4.98 Å². The van der Waals surface area contributed by atoms with Crippen LogP contribution in [0.2, 0.25) is 0 Å². The fourth-order valence-electron chi connectivity index (χ4n) is 2.08. The summed E-state index contributed by atoms with van der Waals surface area (Å²) in [6.45, 7) is 0. The van der Waals surface area contributed by atoms with Crippen LogP contribution in [0.1, 0.15) is 5.56 Å². The molecule has 0 atom stereocenters. The summed E-state index contributed by atoms with van der Waals surface area (Å²) in [4.78, 5) is 3.87. The highest BCUT2D eigenvalue weighted by molar-refractivity contribution is 7.95. The second-order valence-electron chi connectivity index (χ2n) is 5.33. The van der Waals surface area contributed by atoms with Crippen LogP contribution in [0.5, 0.6) is 0 Å². The molecular formula is C17H15N3O4S3. The molecule has 140 valence electrons. The zero-order valence-electron chi connectivity index (χ0n) is 13.8. The van der Waals surface area contributed by atoms with Crippen LogP contribution in [-0.2, 0) is 20.0 Å². The number of aromatic nitrogens is 1. The molecule has 0 amide bonds. The van der Waals surface area contributed by atoms with E-state index in [1.54, 1.807) is 29.6 Å². The summed E-state index contributed by atoms with van der Waals surface area (Å²) in [5.41, 5.74) is 0.999. The van der Waals surface area contributed by atoms with Crippen LogP contribution >= 0.6 is 11.3 Å². The number of anilines is 2. The van der Waals surface area contributed by atoms with E-state index >= 15 is 0 Å². The Balaban J connectivity index is 1.71. The van der Waals surface area contributed by atoms with Crippen molar-refractivity contribution in [1.29, 1.82) is 0 Å². The highest BCUT2D eigenvalue weighted by Crippen LogP contribution is 2.20. The van der Waals surface area contributed by atoms with Crippen molar-refractivity contribution >= 4 is 48.3 Å². The van der Waals surface area contributed by atoms with Crippen LogP contribution in [-0.4, -0.2) is 21.8 Å². The molecule has 27 heavy (non-hydrogen) atoms. The highest BCUT2D eigenvalue weighted by Gasteiger charge is 2.15. The lowest BCUT2D eigenvalue weighted by molar-refractivity contribution is 0.601. The third-order valence-electron chi connectivity index (χ3n) is 3.32. The topological polar surface area (TPSA) is 105 Å². The van der Waals surface area contributed by atoms with Gasteiger partial charge in [0, 0.05) is 17.3 Å². The minimum absolute atomic E-state index is 0.000440. The van der Waals surface area contributed by atoms with E-state index in [0.717, 1.165) is 22.3 Å². The predicted octanol–water partition coefficient (Wildman–Crippen LogP) is 3.36. The molecule has 0 aliphatic carbocycles. The number of nitrogens with zero attached hydrogens (tertiary/aromatic N) is 1. The first kappa shape index (κ1) is 19.1. The maximum absolute atomic E-state index is 12.3. The lowest BCUT2D eigenvalue weighted by Gasteiger charge is -2.07. The Bertz CT molecular complexity index is 1120. The van der Waals surface area contributed by atoms with E-state index in [2.05, 4.69) is 14.4 Å². The van der Waals surface area contributed by atoms with E-state index in [1.807, 2.05) is 6.07 Å². The van der Waals surface area contributed by atoms with Crippen LogP contribution in [0.25, 0.3) is 6.08 Å². The van der Waals surface area contributed by atoms with Crippen molar-refractivity contribution in [3.8, 4) is 0 Å². The van der Waals surface area contributed by atoms with E-state index in [1.165, 1.54) is 36.5 Å². The zero-order chi connectivity index (χ0) is 19.3.